The third-order valence-electron chi connectivity index (χ3n) is 10.1. The predicted molar refractivity (Wildman–Crippen MR) is 204 cm³/mol. The summed E-state index contributed by atoms with van der Waals surface area (Å²) in [5.74, 6) is 0.904. The number of ether oxygens (including phenoxy) is 1. The monoisotopic (exact) mass is 738 g/mol. The van der Waals surface area contributed by atoms with Gasteiger partial charge in [-0.25, -0.2) is 9.97 Å². The number of rotatable bonds is 11. The van der Waals surface area contributed by atoms with Crippen LogP contribution >= 0.6 is 34.5 Å². The summed E-state index contributed by atoms with van der Waals surface area (Å²) >= 11 is 16.1. The molecule has 1 amide bonds. The molecule has 0 aliphatic carbocycles. The zero-order valence-electron chi connectivity index (χ0n) is 28.8. The molecular formula is C40H40Cl2N6O2S. The van der Waals surface area contributed by atoms with Crippen molar-refractivity contribution in [1.82, 2.24) is 25.2 Å². The van der Waals surface area contributed by atoms with Gasteiger partial charge in [0, 0.05) is 53.3 Å². The van der Waals surface area contributed by atoms with Gasteiger partial charge < -0.3 is 10.1 Å². The van der Waals surface area contributed by atoms with Crippen LogP contribution in [0.5, 0.6) is 5.88 Å². The van der Waals surface area contributed by atoms with Crippen LogP contribution in [0.3, 0.4) is 0 Å². The molecule has 1 N–H and O–H groups in total. The topological polar surface area (TPSA) is 104 Å². The number of halogens is 2. The minimum atomic E-state index is 0.146. The second kappa shape index (κ2) is 15.7. The molecule has 11 heteroatoms. The molecule has 5 aromatic rings. The number of thiazole rings is 1. The molecule has 0 saturated carbocycles. The van der Waals surface area contributed by atoms with Crippen LogP contribution in [0.4, 0.5) is 0 Å². The smallest absolute Gasteiger partial charge is 0.220 e. The largest absolute Gasteiger partial charge is 0.481 e. The van der Waals surface area contributed by atoms with Crippen molar-refractivity contribution in [3.05, 3.63) is 92.2 Å². The maximum absolute atomic E-state index is 11.6. The van der Waals surface area contributed by atoms with E-state index >= 15 is 0 Å². The molecule has 8 nitrogen and oxygen atoms in total. The minimum Gasteiger partial charge on any atom is -0.481 e. The summed E-state index contributed by atoms with van der Waals surface area (Å²) in [6, 6.07) is 18.7. The van der Waals surface area contributed by atoms with E-state index in [2.05, 4.69) is 29.3 Å². The summed E-state index contributed by atoms with van der Waals surface area (Å²) in [6.07, 6.45) is 8.41. The van der Waals surface area contributed by atoms with E-state index in [0.29, 0.717) is 28.8 Å². The Morgan fingerprint density at radius 1 is 1.04 bits per heavy atom. The molecule has 0 spiro atoms. The summed E-state index contributed by atoms with van der Waals surface area (Å²) in [6.45, 7) is 4.70. The number of nitrogens with one attached hydrogen (secondary N) is 1. The Morgan fingerprint density at radius 3 is 2.55 bits per heavy atom. The lowest BCUT2D eigenvalue weighted by atomic mass is 9.96. The van der Waals surface area contributed by atoms with Crippen LogP contribution < -0.4 is 10.1 Å². The van der Waals surface area contributed by atoms with E-state index in [1.807, 2.05) is 48.7 Å². The van der Waals surface area contributed by atoms with Gasteiger partial charge in [-0.1, -0.05) is 59.6 Å². The number of hydrogen-bond acceptors (Lipinski definition) is 8. The molecule has 51 heavy (non-hydrogen) atoms. The standard InChI is InChI=1S/C40H40Cl2N6O2S/c1-24-20-32(46-40(50-2)28(24)8-4-7-27-12-13-35(49)45-27)31-11-5-10-30(38(31)42)29-9-3-6-26(37(29)41)21-33-39-34(14-17-44-33)51-36(47-39)23-48-18-15-25(22-43)16-19-48/h3,5-6,9-11,14,17,20,25,27H,4,7-8,12-13,15-16,18-19,21,23H2,1-2H3,(H,45,49)/t27-/m1/s1. The van der Waals surface area contributed by atoms with Crippen LogP contribution in [0.25, 0.3) is 32.6 Å². The molecule has 0 radical (unpaired) electrons. The number of hydrogen-bond donors (Lipinski definition) is 1. The first-order valence-electron chi connectivity index (χ1n) is 17.6. The zero-order chi connectivity index (χ0) is 35.5. The first-order valence-corrected chi connectivity index (χ1v) is 19.1. The average Bonchev–Trinajstić information content (AvgIpc) is 3.75. The average molecular weight is 740 g/mol. The van der Waals surface area contributed by atoms with Crippen LogP contribution in [0.2, 0.25) is 10.0 Å². The number of benzene rings is 2. The van der Waals surface area contributed by atoms with Crippen molar-refractivity contribution in [3.63, 3.8) is 0 Å². The number of pyridine rings is 2. The van der Waals surface area contributed by atoms with Crippen LogP contribution in [0.15, 0.2) is 54.7 Å². The molecule has 2 aromatic carbocycles. The van der Waals surface area contributed by atoms with E-state index in [0.717, 1.165) is 118 Å². The van der Waals surface area contributed by atoms with Gasteiger partial charge >= 0.3 is 0 Å². The molecule has 0 unspecified atom stereocenters. The Balaban J connectivity index is 1.11. The quantitative estimate of drug-likeness (QED) is 0.144. The SMILES string of the molecule is COc1nc(-c2cccc(-c3cccc(Cc4nccc5sc(CN6CCC(C#N)CC6)nc45)c3Cl)c2Cl)cc(C)c1CCC[C@@H]1CCC(=O)N1. The number of nitriles is 1. The summed E-state index contributed by atoms with van der Waals surface area (Å²) in [5, 5.41) is 14.6. The maximum Gasteiger partial charge on any atom is 0.220 e. The number of piperidine rings is 1. The lowest BCUT2D eigenvalue weighted by Gasteiger charge is -2.27. The van der Waals surface area contributed by atoms with Gasteiger partial charge in [-0.3, -0.25) is 14.7 Å². The van der Waals surface area contributed by atoms with Gasteiger partial charge in [0.2, 0.25) is 11.8 Å². The first-order chi connectivity index (χ1) is 24.8. The Kier molecular flexibility index (Phi) is 10.9. The van der Waals surface area contributed by atoms with Gasteiger partial charge in [0.05, 0.1) is 45.9 Å². The molecule has 262 valence electrons. The molecule has 2 fully saturated rings. The fraction of sp³-hybridized carbons (Fsp3) is 0.375. The van der Waals surface area contributed by atoms with E-state index in [1.54, 1.807) is 18.4 Å². The maximum atomic E-state index is 11.6. The summed E-state index contributed by atoms with van der Waals surface area (Å²) < 4.78 is 6.89. The number of carbonyl (C=O) groups is 1. The molecule has 2 aliphatic rings. The highest BCUT2D eigenvalue weighted by atomic mass is 35.5. The molecule has 7 rings (SSSR count). The lowest BCUT2D eigenvalue weighted by molar-refractivity contribution is -0.119. The zero-order valence-corrected chi connectivity index (χ0v) is 31.2. The van der Waals surface area contributed by atoms with Gasteiger partial charge in [0.1, 0.15) is 10.5 Å². The second-order valence-corrected chi connectivity index (χ2v) is 15.4. The number of aryl methyl sites for hydroxylation is 1. The molecule has 1 atom stereocenters. The molecule has 0 bridgehead atoms. The van der Waals surface area contributed by atoms with Gasteiger partial charge in [-0.15, -0.1) is 11.3 Å². The van der Waals surface area contributed by atoms with E-state index < -0.39 is 0 Å². The van der Waals surface area contributed by atoms with Crippen molar-refractivity contribution in [2.24, 2.45) is 5.92 Å². The van der Waals surface area contributed by atoms with Crippen molar-refractivity contribution in [2.75, 3.05) is 20.2 Å². The fourth-order valence-electron chi connectivity index (χ4n) is 7.30. The highest BCUT2D eigenvalue weighted by Crippen LogP contribution is 2.41. The highest BCUT2D eigenvalue weighted by Gasteiger charge is 2.23. The third kappa shape index (κ3) is 7.75. The van der Waals surface area contributed by atoms with Crippen molar-refractivity contribution in [1.29, 1.82) is 5.26 Å². The van der Waals surface area contributed by atoms with Gasteiger partial charge in [0.15, 0.2) is 0 Å². The number of carbonyl (C=O) groups excluding carboxylic acids is 1. The number of amides is 1. The molecular weight excluding hydrogens is 699 g/mol. The van der Waals surface area contributed by atoms with Crippen molar-refractivity contribution in [3.8, 4) is 34.3 Å². The molecule has 5 heterocycles. The minimum absolute atomic E-state index is 0.146. The van der Waals surface area contributed by atoms with Crippen molar-refractivity contribution in [2.45, 2.75) is 70.9 Å². The number of aromatic nitrogens is 3. The first kappa shape index (κ1) is 35.3. The summed E-state index contributed by atoms with van der Waals surface area (Å²) in [7, 11) is 1.65. The Morgan fingerprint density at radius 2 is 1.80 bits per heavy atom. The van der Waals surface area contributed by atoms with E-state index in [9.17, 15) is 10.1 Å². The Labute approximate surface area is 312 Å². The van der Waals surface area contributed by atoms with E-state index in [1.165, 1.54) is 0 Å². The van der Waals surface area contributed by atoms with Gasteiger partial charge in [-0.05, 0) is 81.8 Å². The van der Waals surface area contributed by atoms with Crippen LogP contribution in [0, 0.1) is 24.2 Å². The summed E-state index contributed by atoms with van der Waals surface area (Å²) in [5.41, 5.74) is 8.11. The molecule has 2 aliphatic heterocycles. The molecule has 2 saturated heterocycles. The van der Waals surface area contributed by atoms with Crippen LogP contribution in [-0.4, -0.2) is 52.0 Å². The Hall–Kier alpha value is -4.07. The number of likely N-dealkylation sites (tertiary alicyclic amines) is 1. The fourth-order valence-corrected chi connectivity index (χ4v) is 8.95. The highest BCUT2D eigenvalue weighted by molar-refractivity contribution is 7.18. The summed E-state index contributed by atoms with van der Waals surface area (Å²) in [4.78, 5) is 28.7. The normalized spacial score (nSPS) is 16.8. The number of nitrogens with zero attached hydrogens (tertiary/aromatic N) is 5. The van der Waals surface area contributed by atoms with Gasteiger partial charge in [0.25, 0.3) is 0 Å². The number of methoxy groups -OCH3 is 1. The van der Waals surface area contributed by atoms with Crippen LogP contribution in [0.1, 0.15) is 65.9 Å². The van der Waals surface area contributed by atoms with Crippen molar-refractivity contribution >= 4 is 50.7 Å². The lowest BCUT2D eigenvalue weighted by Crippen LogP contribution is -2.32. The predicted octanol–water partition coefficient (Wildman–Crippen LogP) is 8.97. The van der Waals surface area contributed by atoms with Crippen LogP contribution in [-0.2, 0) is 24.2 Å². The van der Waals surface area contributed by atoms with E-state index in [4.69, 9.17) is 42.9 Å². The number of fused-ring (bicyclic) bond motifs is 1. The van der Waals surface area contributed by atoms with Crippen molar-refractivity contribution < 1.29 is 9.53 Å². The molecule has 3 aromatic heterocycles. The Bertz CT molecular complexity index is 2120. The van der Waals surface area contributed by atoms with E-state index in [-0.39, 0.29) is 17.9 Å². The third-order valence-corrected chi connectivity index (χ3v) is 12.0. The second-order valence-electron chi connectivity index (χ2n) is 13.5. The van der Waals surface area contributed by atoms with Gasteiger partial charge in [-0.2, -0.15) is 5.26 Å².